The summed E-state index contributed by atoms with van der Waals surface area (Å²) in [7, 11) is 0. The number of hydrogen-bond acceptors (Lipinski definition) is 5. The molecular weight excluding hydrogens is 416 g/mol. The number of aliphatic hydroxyl groups excluding tert-OH is 1. The van der Waals surface area contributed by atoms with Crippen LogP contribution in [0.1, 0.15) is 23.0 Å². The highest BCUT2D eigenvalue weighted by Crippen LogP contribution is 2.48. The van der Waals surface area contributed by atoms with E-state index in [-0.39, 0.29) is 36.1 Å². The minimum atomic E-state index is -0.449. The van der Waals surface area contributed by atoms with Crippen LogP contribution in [0.2, 0.25) is 0 Å². The summed E-state index contributed by atoms with van der Waals surface area (Å²) in [6, 6.07) is 20.6. The third-order valence-electron chi connectivity index (χ3n) is 6.98. The van der Waals surface area contributed by atoms with Crippen LogP contribution in [0, 0.1) is 11.8 Å². The molecule has 7 heteroatoms. The molecule has 0 unspecified atom stereocenters. The minimum absolute atomic E-state index is 0.0678. The van der Waals surface area contributed by atoms with E-state index < -0.39 is 5.92 Å². The fraction of sp³-hybridized carbons (Fsp3) is 0.346. The molecule has 2 N–H and O–H groups in total. The zero-order valence-corrected chi connectivity index (χ0v) is 18.4. The number of aromatic nitrogens is 2. The van der Waals surface area contributed by atoms with Gasteiger partial charge in [0.05, 0.1) is 17.7 Å². The summed E-state index contributed by atoms with van der Waals surface area (Å²) in [5, 5.41) is 13.5. The predicted octanol–water partition coefficient (Wildman–Crippen LogP) is 1.77. The lowest BCUT2D eigenvalue weighted by Gasteiger charge is -2.37. The summed E-state index contributed by atoms with van der Waals surface area (Å²) >= 11 is 0. The lowest BCUT2D eigenvalue weighted by molar-refractivity contribution is -0.127. The van der Waals surface area contributed by atoms with E-state index in [9.17, 15) is 14.7 Å². The van der Waals surface area contributed by atoms with Crippen LogP contribution in [-0.2, 0) is 24.3 Å². The highest BCUT2D eigenvalue weighted by Gasteiger charge is 2.55. The second kappa shape index (κ2) is 9.29. The van der Waals surface area contributed by atoms with Crippen LogP contribution < -0.4 is 10.9 Å². The van der Waals surface area contributed by atoms with Crippen LogP contribution in [0.15, 0.2) is 77.7 Å². The number of amides is 1. The number of rotatable bonds is 7. The van der Waals surface area contributed by atoms with Gasteiger partial charge in [0.1, 0.15) is 0 Å². The van der Waals surface area contributed by atoms with Crippen molar-refractivity contribution in [2.45, 2.75) is 31.6 Å². The molecule has 0 radical (unpaired) electrons. The van der Waals surface area contributed by atoms with Gasteiger partial charge in [0.2, 0.25) is 5.91 Å². The monoisotopic (exact) mass is 444 g/mol. The molecular formula is C26H28N4O3. The van der Waals surface area contributed by atoms with Gasteiger partial charge in [-0.25, -0.2) is 0 Å². The maximum absolute atomic E-state index is 13.5. The van der Waals surface area contributed by atoms with Crippen molar-refractivity contribution >= 4 is 5.91 Å². The third-order valence-corrected chi connectivity index (χ3v) is 6.98. The molecule has 4 heterocycles. The number of nitrogens with one attached hydrogen (secondary N) is 1. The van der Waals surface area contributed by atoms with E-state index in [0.29, 0.717) is 19.6 Å². The molecule has 0 aliphatic carbocycles. The van der Waals surface area contributed by atoms with Gasteiger partial charge in [0.25, 0.3) is 5.56 Å². The van der Waals surface area contributed by atoms with E-state index in [2.05, 4.69) is 15.2 Å². The highest BCUT2D eigenvalue weighted by atomic mass is 16.3. The smallest absolute Gasteiger partial charge is 0.250 e. The number of fused-ring (bicyclic) bond motifs is 4. The topological polar surface area (TPSA) is 87.5 Å². The molecule has 33 heavy (non-hydrogen) atoms. The van der Waals surface area contributed by atoms with Crippen molar-refractivity contribution in [1.29, 1.82) is 0 Å². The zero-order chi connectivity index (χ0) is 22.8. The van der Waals surface area contributed by atoms with Gasteiger partial charge in [0.15, 0.2) is 0 Å². The molecule has 2 aliphatic heterocycles. The fourth-order valence-corrected chi connectivity index (χ4v) is 5.46. The quantitative estimate of drug-likeness (QED) is 0.580. The highest BCUT2D eigenvalue weighted by molar-refractivity contribution is 5.80. The largest absolute Gasteiger partial charge is 0.396 e. The van der Waals surface area contributed by atoms with E-state index in [1.807, 2.05) is 54.6 Å². The Kier molecular flexibility index (Phi) is 6.07. The van der Waals surface area contributed by atoms with Gasteiger partial charge >= 0.3 is 0 Å². The number of carbonyl (C=O) groups is 1. The molecule has 0 spiro atoms. The number of nitrogens with zero attached hydrogens (tertiary/aromatic N) is 3. The van der Waals surface area contributed by atoms with Crippen LogP contribution in [0.4, 0.5) is 0 Å². The second-order valence-corrected chi connectivity index (χ2v) is 8.80. The van der Waals surface area contributed by atoms with Gasteiger partial charge in [-0.3, -0.25) is 19.5 Å². The summed E-state index contributed by atoms with van der Waals surface area (Å²) in [6.07, 6.45) is 2.50. The summed E-state index contributed by atoms with van der Waals surface area (Å²) in [5.74, 6) is -0.793. The van der Waals surface area contributed by atoms with E-state index >= 15 is 0 Å². The first kappa shape index (κ1) is 21.6. The Morgan fingerprint density at radius 2 is 1.88 bits per heavy atom. The molecule has 1 aromatic carbocycles. The van der Waals surface area contributed by atoms with E-state index in [1.165, 1.54) is 0 Å². The Bertz CT molecular complexity index is 1160. The maximum Gasteiger partial charge on any atom is 0.250 e. The molecule has 2 bridgehead atoms. The summed E-state index contributed by atoms with van der Waals surface area (Å²) < 4.78 is 1.77. The van der Waals surface area contributed by atoms with Crippen LogP contribution in [0.5, 0.6) is 0 Å². The molecule has 1 fully saturated rings. The zero-order valence-electron chi connectivity index (χ0n) is 18.4. The van der Waals surface area contributed by atoms with Gasteiger partial charge < -0.3 is 15.0 Å². The van der Waals surface area contributed by atoms with Crippen molar-refractivity contribution in [2.24, 2.45) is 11.8 Å². The minimum Gasteiger partial charge on any atom is -0.396 e. The van der Waals surface area contributed by atoms with Crippen molar-refractivity contribution in [2.75, 3.05) is 13.2 Å². The van der Waals surface area contributed by atoms with E-state index in [1.54, 1.807) is 22.9 Å². The average Bonchev–Trinajstić information content (AvgIpc) is 3.04. The Labute approximate surface area is 192 Å². The van der Waals surface area contributed by atoms with Crippen molar-refractivity contribution in [3.05, 3.63) is 100 Å². The Morgan fingerprint density at radius 1 is 1.06 bits per heavy atom. The lowest BCUT2D eigenvalue weighted by atomic mass is 9.86. The normalized spacial score (nSPS) is 23.8. The first-order valence-electron chi connectivity index (χ1n) is 11.5. The maximum atomic E-state index is 13.5. The molecule has 0 saturated carbocycles. The Balaban J connectivity index is 1.44. The summed E-state index contributed by atoms with van der Waals surface area (Å²) in [5.41, 5.74) is 2.83. The standard InChI is InChI=1S/C26H28N4O3/c31-17-20-22-16-29-21(10-6-11-23(29)32)25(30(22)15-19-9-4-5-13-27-19)24(20)26(33)28-14-12-18-7-2-1-3-8-18/h1-11,13,20,22,24-25,31H,12,14-17H2,(H,28,33)/t20-,22-,24+,25+/m1/s1. The number of benzene rings is 1. The van der Waals surface area contributed by atoms with E-state index in [0.717, 1.165) is 23.4 Å². The van der Waals surface area contributed by atoms with Crippen molar-refractivity contribution < 1.29 is 9.90 Å². The molecule has 170 valence electrons. The molecule has 2 aliphatic rings. The first-order chi connectivity index (χ1) is 16.2. The van der Waals surface area contributed by atoms with Gasteiger partial charge in [-0.05, 0) is 30.2 Å². The average molecular weight is 445 g/mol. The number of carbonyl (C=O) groups excluding carboxylic acids is 1. The van der Waals surface area contributed by atoms with E-state index in [4.69, 9.17) is 0 Å². The van der Waals surface area contributed by atoms with Crippen LogP contribution in [0.3, 0.4) is 0 Å². The van der Waals surface area contributed by atoms with Gasteiger partial charge in [-0.2, -0.15) is 0 Å². The number of hydrogen-bond donors (Lipinski definition) is 2. The molecule has 1 saturated heterocycles. The second-order valence-electron chi connectivity index (χ2n) is 8.80. The van der Waals surface area contributed by atoms with Gasteiger partial charge in [-0.1, -0.05) is 42.5 Å². The molecule has 2 aromatic heterocycles. The summed E-state index contributed by atoms with van der Waals surface area (Å²) in [4.78, 5) is 32.8. The van der Waals surface area contributed by atoms with Crippen LogP contribution in [-0.4, -0.2) is 44.7 Å². The lowest BCUT2D eigenvalue weighted by Crippen LogP contribution is -2.46. The predicted molar refractivity (Wildman–Crippen MR) is 124 cm³/mol. The molecule has 7 nitrogen and oxygen atoms in total. The SMILES string of the molecule is O=C(NCCc1ccccc1)[C@H]1[C@H](CO)[C@H]2Cn3c(cccc3=O)[C@@H]1N2Cc1ccccn1. The first-order valence-corrected chi connectivity index (χ1v) is 11.5. The van der Waals surface area contributed by atoms with Crippen LogP contribution >= 0.6 is 0 Å². The molecule has 3 aromatic rings. The fourth-order valence-electron chi connectivity index (χ4n) is 5.46. The van der Waals surface area contributed by atoms with Gasteiger partial charge in [0, 0.05) is 56.2 Å². The molecule has 5 rings (SSSR count). The van der Waals surface area contributed by atoms with Crippen molar-refractivity contribution in [1.82, 2.24) is 19.8 Å². The number of pyridine rings is 2. The Hall–Kier alpha value is -3.29. The molecule has 4 atom stereocenters. The van der Waals surface area contributed by atoms with Gasteiger partial charge in [-0.15, -0.1) is 0 Å². The van der Waals surface area contributed by atoms with Crippen molar-refractivity contribution in [3.63, 3.8) is 0 Å². The number of aliphatic hydroxyl groups is 1. The molecule has 1 amide bonds. The van der Waals surface area contributed by atoms with Crippen LogP contribution in [0.25, 0.3) is 0 Å². The van der Waals surface area contributed by atoms with Crippen molar-refractivity contribution in [3.8, 4) is 0 Å². The Morgan fingerprint density at radius 3 is 2.64 bits per heavy atom. The third kappa shape index (κ3) is 4.10. The summed E-state index contributed by atoms with van der Waals surface area (Å²) in [6.45, 7) is 1.43.